The summed E-state index contributed by atoms with van der Waals surface area (Å²) < 4.78 is 5.21. The van der Waals surface area contributed by atoms with Gasteiger partial charge in [0.15, 0.2) is 0 Å². The van der Waals surface area contributed by atoms with Crippen LogP contribution in [0.5, 0.6) is 5.75 Å². The van der Waals surface area contributed by atoms with E-state index in [0.29, 0.717) is 22.8 Å². The minimum atomic E-state index is 0.115. The van der Waals surface area contributed by atoms with Crippen LogP contribution in [0.2, 0.25) is 0 Å². The lowest BCUT2D eigenvalue weighted by Gasteiger charge is -2.29. The summed E-state index contributed by atoms with van der Waals surface area (Å²) in [6, 6.07) is 21.6. The molecule has 0 N–H and O–H groups in total. The van der Waals surface area contributed by atoms with Gasteiger partial charge in [-0.2, -0.15) is 5.26 Å². The number of anilines is 1. The summed E-state index contributed by atoms with van der Waals surface area (Å²) >= 11 is 1.46. The van der Waals surface area contributed by atoms with Gasteiger partial charge in [0.1, 0.15) is 16.8 Å². The summed E-state index contributed by atoms with van der Waals surface area (Å²) in [6.45, 7) is 0.759. The zero-order chi connectivity index (χ0) is 21.6. The molecule has 1 aliphatic rings. The fraction of sp³-hybridized carbons (Fsp3) is 0.240. The number of carbonyl (C=O) groups excluding carboxylic acids is 1. The maximum atomic E-state index is 12.9. The SMILES string of the molecule is COc1ccc(-c2ccc(C#N)c(SCCC(=O)N3CCCc4ccccc43)n2)cc1. The Balaban J connectivity index is 1.44. The number of methoxy groups -OCH3 is 1. The topological polar surface area (TPSA) is 66.2 Å². The highest BCUT2D eigenvalue weighted by Gasteiger charge is 2.22. The summed E-state index contributed by atoms with van der Waals surface area (Å²) in [5.41, 5.74) is 4.53. The molecule has 1 aliphatic heterocycles. The largest absolute Gasteiger partial charge is 0.497 e. The Bertz CT molecular complexity index is 1120. The lowest BCUT2D eigenvalue weighted by molar-refractivity contribution is -0.118. The third-order valence-corrected chi connectivity index (χ3v) is 6.33. The highest BCUT2D eigenvalue weighted by Crippen LogP contribution is 2.29. The molecule has 3 aromatic rings. The summed E-state index contributed by atoms with van der Waals surface area (Å²) in [4.78, 5) is 19.5. The van der Waals surface area contributed by atoms with Crippen LogP contribution in [0, 0.1) is 11.3 Å². The number of nitrogens with zero attached hydrogens (tertiary/aromatic N) is 3. The van der Waals surface area contributed by atoms with Crippen molar-refractivity contribution >= 4 is 23.4 Å². The molecule has 0 radical (unpaired) electrons. The van der Waals surface area contributed by atoms with Crippen molar-refractivity contribution < 1.29 is 9.53 Å². The number of aromatic nitrogens is 1. The molecule has 0 spiro atoms. The summed E-state index contributed by atoms with van der Waals surface area (Å²) in [5, 5.41) is 10.1. The van der Waals surface area contributed by atoms with Gasteiger partial charge in [0, 0.05) is 30.0 Å². The lowest BCUT2D eigenvalue weighted by atomic mass is 10.0. The Hall–Kier alpha value is -3.30. The van der Waals surface area contributed by atoms with E-state index in [1.165, 1.54) is 17.3 Å². The number of thioether (sulfide) groups is 1. The summed E-state index contributed by atoms with van der Waals surface area (Å²) in [5.74, 6) is 1.47. The number of hydrogen-bond donors (Lipinski definition) is 0. The monoisotopic (exact) mass is 429 g/mol. The normalized spacial score (nSPS) is 12.7. The van der Waals surface area contributed by atoms with E-state index in [0.717, 1.165) is 42.1 Å². The fourth-order valence-electron chi connectivity index (χ4n) is 3.72. The third-order valence-electron chi connectivity index (χ3n) is 5.33. The molecule has 0 fully saturated rings. The molecule has 0 saturated heterocycles. The van der Waals surface area contributed by atoms with Crippen molar-refractivity contribution in [2.24, 2.45) is 0 Å². The maximum Gasteiger partial charge on any atom is 0.227 e. The van der Waals surface area contributed by atoms with Crippen LogP contribution in [0.15, 0.2) is 65.7 Å². The maximum absolute atomic E-state index is 12.9. The predicted molar refractivity (Wildman–Crippen MR) is 123 cm³/mol. The van der Waals surface area contributed by atoms with Crippen molar-refractivity contribution in [3.63, 3.8) is 0 Å². The molecular weight excluding hydrogens is 406 g/mol. The first-order valence-corrected chi connectivity index (χ1v) is 11.2. The zero-order valence-electron chi connectivity index (χ0n) is 17.4. The van der Waals surface area contributed by atoms with Crippen molar-refractivity contribution in [2.75, 3.05) is 24.3 Å². The second-order valence-corrected chi connectivity index (χ2v) is 8.35. The number of amides is 1. The number of aryl methyl sites for hydroxylation is 1. The molecule has 1 amide bonds. The van der Waals surface area contributed by atoms with E-state index >= 15 is 0 Å². The Morgan fingerprint density at radius 2 is 1.97 bits per heavy atom. The molecule has 0 unspecified atom stereocenters. The second-order valence-electron chi connectivity index (χ2n) is 7.27. The molecule has 0 atom stereocenters. The van der Waals surface area contributed by atoms with E-state index in [1.807, 2.05) is 53.4 Å². The number of carbonyl (C=O) groups is 1. The van der Waals surface area contributed by atoms with Gasteiger partial charge >= 0.3 is 0 Å². The van der Waals surface area contributed by atoms with Crippen LogP contribution in [-0.2, 0) is 11.2 Å². The summed E-state index contributed by atoms with van der Waals surface area (Å²) in [6.07, 6.45) is 2.40. The van der Waals surface area contributed by atoms with Crippen LogP contribution in [0.3, 0.4) is 0 Å². The van der Waals surface area contributed by atoms with Crippen molar-refractivity contribution in [2.45, 2.75) is 24.3 Å². The molecule has 1 aromatic heterocycles. The van der Waals surface area contributed by atoms with Crippen LogP contribution in [0.1, 0.15) is 24.0 Å². The quantitative estimate of drug-likeness (QED) is 0.511. The van der Waals surface area contributed by atoms with E-state index in [2.05, 4.69) is 17.1 Å². The van der Waals surface area contributed by atoms with Crippen molar-refractivity contribution in [1.29, 1.82) is 5.26 Å². The molecule has 0 bridgehead atoms. The van der Waals surface area contributed by atoms with Gasteiger partial charge in [-0.05, 0) is 60.9 Å². The number of hydrogen-bond acceptors (Lipinski definition) is 5. The van der Waals surface area contributed by atoms with E-state index in [9.17, 15) is 10.1 Å². The van der Waals surface area contributed by atoms with Gasteiger partial charge in [-0.15, -0.1) is 11.8 Å². The average Bonchev–Trinajstić information content (AvgIpc) is 2.83. The van der Waals surface area contributed by atoms with Gasteiger partial charge in [-0.1, -0.05) is 18.2 Å². The van der Waals surface area contributed by atoms with Crippen LogP contribution >= 0.6 is 11.8 Å². The Labute approximate surface area is 186 Å². The molecule has 31 heavy (non-hydrogen) atoms. The van der Waals surface area contributed by atoms with Crippen molar-refractivity contribution in [3.05, 3.63) is 71.8 Å². The second kappa shape index (κ2) is 9.67. The number of para-hydroxylation sites is 1. The first-order chi connectivity index (χ1) is 15.2. The van der Waals surface area contributed by atoms with E-state index < -0.39 is 0 Å². The number of benzene rings is 2. The van der Waals surface area contributed by atoms with E-state index in [1.54, 1.807) is 13.2 Å². The van der Waals surface area contributed by atoms with Gasteiger partial charge in [0.2, 0.25) is 5.91 Å². The molecule has 0 aliphatic carbocycles. The molecule has 5 nitrogen and oxygen atoms in total. The molecular formula is C25H23N3O2S. The van der Waals surface area contributed by atoms with Gasteiger partial charge in [-0.3, -0.25) is 4.79 Å². The van der Waals surface area contributed by atoms with Crippen LogP contribution in [-0.4, -0.2) is 30.3 Å². The molecule has 2 aromatic carbocycles. The average molecular weight is 430 g/mol. The fourth-order valence-corrected chi connectivity index (χ4v) is 4.62. The lowest BCUT2D eigenvalue weighted by Crippen LogP contribution is -2.35. The minimum Gasteiger partial charge on any atom is -0.497 e. The van der Waals surface area contributed by atoms with Gasteiger partial charge in [0.05, 0.1) is 18.4 Å². The number of ether oxygens (including phenoxy) is 1. The highest BCUT2D eigenvalue weighted by molar-refractivity contribution is 7.99. The van der Waals surface area contributed by atoms with Crippen LogP contribution in [0.4, 0.5) is 5.69 Å². The van der Waals surface area contributed by atoms with Crippen LogP contribution < -0.4 is 9.64 Å². The number of rotatable bonds is 6. The minimum absolute atomic E-state index is 0.115. The third kappa shape index (κ3) is 4.73. The Morgan fingerprint density at radius 3 is 2.74 bits per heavy atom. The van der Waals surface area contributed by atoms with Gasteiger partial charge in [0.25, 0.3) is 0 Å². The summed E-state index contributed by atoms with van der Waals surface area (Å²) in [7, 11) is 1.63. The van der Waals surface area contributed by atoms with Gasteiger partial charge < -0.3 is 9.64 Å². The van der Waals surface area contributed by atoms with E-state index in [-0.39, 0.29) is 5.91 Å². The van der Waals surface area contributed by atoms with Crippen LogP contribution in [0.25, 0.3) is 11.3 Å². The first-order valence-electron chi connectivity index (χ1n) is 10.3. The molecule has 0 saturated carbocycles. The number of nitriles is 1. The highest BCUT2D eigenvalue weighted by atomic mass is 32.2. The zero-order valence-corrected chi connectivity index (χ0v) is 18.2. The van der Waals surface area contributed by atoms with Gasteiger partial charge in [-0.25, -0.2) is 4.98 Å². The standard InChI is InChI=1S/C25H23N3O2S/c1-30-21-11-8-18(9-12-21)22-13-10-20(17-26)25(27-22)31-16-14-24(29)28-15-4-6-19-5-2-3-7-23(19)28/h2-3,5,7-13H,4,6,14-16H2,1H3. The van der Waals surface area contributed by atoms with Crippen molar-refractivity contribution in [1.82, 2.24) is 4.98 Å². The Kier molecular flexibility index (Phi) is 6.54. The molecule has 2 heterocycles. The smallest absolute Gasteiger partial charge is 0.227 e. The predicted octanol–water partition coefficient (Wildman–Crippen LogP) is 5.09. The number of pyridine rings is 1. The molecule has 4 rings (SSSR count). The Morgan fingerprint density at radius 1 is 1.16 bits per heavy atom. The molecule has 6 heteroatoms. The van der Waals surface area contributed by atoms with Crippen molar-refractivity contribution in [3.8, 4) is 23.1 Å². The number of fused-ring (bicyclic) bond motifs is 1. The first kappa shape index (κ1) is 21.0. The molecule has 156 valence electrons. The van der Waals surface area contributed by atoms with E-state index in [4.69, 9.17) is 4.74 Å².